The summed E-state index contributed by atoms with van der Waals surface area (Å²) in [5.41, 5.74) is -2.23. The molecule has 30 heavy (non-hydrogen) atoms. The quantitative estimate of drug-likeness (QED) is 0.495. The zero-order valence-corrected chi connectivity index (χ0v) is 17.2. The Labute approximate surface area is 177 Å². The molecular weight excluding hydrogens is 469 g/mol. The van der Waals surface area contributed by atoms with Crippen LogP contribution in [0.1, 0.15) is 26.4 Å². The molecule has 0 N–H and O–H groups in total. The highest BCUT2D eigenvalue weighted by Gasteiger charge is 2.39. The van der Waals surface area contributed by atoms with Gasteiger partial charge in [0.05, 0.1) is 25.5 Å². The molecule has 1 aromatic heterocycles. The lowest BCUT2D eigenvalue weighted by molar-refractivity contribution is -0.137. The van der Waals surface area contributed by atoms with Gasteiger partial charge in [0.2, 0.25) is 0 Å². The van der Waals surface area contributed by atoms with Crippen molar-refractivity contribution in [1.29, 1.82) is 0 Å². The number of aromatic nitrogens is 2. The van der Waals surface area contributed by atoms with Crippen molar-refractivity contribution in [1.82, 2.24) is 9.78 Å². The van der Waals surface area contributed by atoms with Crippen molar-refractivity contribution in [2.75, 3.05) is 14.2 Å². The van der Waals surface area contributed by atoms with Crippen LogP contribution in [0, 0.1) is 0 Å². The summed E-state index contributed by atoms with van der Waals surface area (Å²) < 4.78 is 51.7. The van der Waals surface area contributed by atoms with Gasteiger partial charge in [0.25, 0.3) is 0 Å². The van der Waals surface area contributed by atoms with Crippen LogP contribution >= 0.6 is 15.9 Å². The monoisotopic (exact) mass is 482 g/mol. The van der Waals surface area contributed by atoms with Gasteiger partial charge >= 0.3 is 18.1 Å². The molecule has 3 aromatic rings. The lowest BCUT2D eigenvalue weighted by Gasteiger charge is -2.14. The van der Waals surface area contributed by atoms with E-state index in [0.717, 1.165) is 18.9 Å². The van der Waals surface area contributed by atoms with Crippen LogP contribution in [0.25, 0.3) is 16.9 Å². The van der Waals surface area contributed by atoms with Gasteiger partial charge in [-0.25, -0.2) is 14.3 Å². The molecule has 0 radical (unpaired) electrons. The van der Waals surface area contributed by atoms with Gasteiger partial charge in [0, 0.05) is 10.0 Å². The van der Waals surface area contributed by atoms with Gasteiger partial charge in [0.1, 0.15) is 11.3 Å². The van der Waals surface area contributed by atoms with E-state index in [2.05, 4.69) is 21.0 Å². The predicted molar refractivity (Wildman–Crippen MR) is 104 cm³/mol. The van der Waals surface area contributed by atoms with Crippen LogP contribution in [0.5, 0.6) is 0 Å². The zero-order valence-electron chi connectivity index (χ0n) is 15.7. The first kappa shape index (κ1) is 21.6. The van der Waals surface area contributed by atoms with Crippen molar-refractivity contribution >= 4 is 27.9 Å². The lowest BCUT2D eigenvalue weighted by atomic mass is 10.00. The first-order valence-corrected chi connectivity index (χ1v) is 9.21. The number of ether oxygens (including phenoxy) is 2. The maximum Gasteiger partial charge on any atom is 0.418 e. The second kappa shape index (κ2) is 8.31. The molecule has 0 bridgehead atoms. The number of carbonyl (C=O) groups excluding carboxylic acids is 2. The molecule has 0 unspecified atom stereocenters. The number of para-hydroxylation sites is 1. The topological polar surface area (TPSA) is 70.4 Å². The largest absolute Gasteiger partial charge is 0.465 e. The summed E-state index contributed by atoms with van der Waals surface area (Å²) in [6, 6.07) is 11.9. The third-order valence-electron chi connectivity index (χ3n) is 4.21. The smallest absolute Gasteiger partial charge is 0.418 e. The maximum absolute atomic E-state index is 13.8. The molecule has 156 valence electrons. The Balaban J connectivity index is 2.46. The first-order chi connectivity index (χ1) is 14.2. The highest BCUT2D eigenvalue weighted by Crippen LogP contribution is 2.42. The normalized spacial score (nSPS) is 11.3. The molecule has 2 aromatic carbocycles. The van der Waals surface area contributed by atoms with Crippen molar-refractivity contribution < 1.29 is 32.2 Å². The molecule has 0 spiro atoms. The molecule has 3 rings (SSSR count). The summed E-state index contributed by atoms with van der Waals surface area (Å²) >= 11 is 2.91. The Bertz CT molecular complexity index is 1110. The molecule has 0 aliphatic carbocycles. The minimum Gasteiger partial charge on any atom is -0.465 e. The van der Waals surface area contributed by atoms with Crippen LogP contribution in [0.3, 0.4) is 0 Å². The molecule has 6 nitrogen and oxygen atoms in total. The lowest BCUT2D eigenvalue weighted by Crippen LogP contribution is -2.15. The minimum atomic E-state index is -4.76. The number of rotatable bonds is 4. The van der Waals surface area contributed by atoms with Crippen LogP contribution in [0.2, 0.25) is 0 Å². The van der Waals surface area contributed by atoms with E-state index in [1.807, 2.05) is 0 Å². The van der Waals surface area contributed by atoms with Crippen molar-refractivity contribution in [3.05, 3.63) is 69.8 Å². The van der Waals surface area contributed by atoms with E-state index in [1.165, 1.54) is 18.2 Å². The van der Waals surface area contributed by atoms with Crippen molar-refractivity contribution in [3.8, 4) is 16.9 Å². The number of carbonyl (C=O) groups is 2. The predicted octanol–water partition coefficient (Wildman–Crippen LogP) is 4.89. The Morgan fingerprint density at radius 3 is 2.17 bits per heavy atom. The van der Waals surface area contributed by atoms with Crippen LogP contribution in [-0.4, -0.2) is 35.9 Å². The average Bonchev–Trinajstić information content (AvgIpc) is 3.12. The summed E-state index contributed by atoms with van der Waals surface area (Å²) in [5.74, 6) is -1.98. The van der Waals surface area contributed by atoms with Crippen LogP contribution < -0.4 is 0 Å². The summed E-state index contributed by atoms with van der Waals surface area (Å²) in [6.07, 6.45) is -4.76. The zero-order chi connectivity index (χ0) is 22.1. The molecule has 0 amide bonds. The second-order valence-electron chi connectivity index (χ2n) is 5.96. The van der Waals surface area contributed by atoms with Gasteiger partial charge in [-0.3, -0.25) is 0 Å². The van der Waals surface area contributed by atoms with E-state index in [9.17, 15) is 22.8 Å². The third-order valence-corrected chi connectivity index (χ3v) is 4.87. The Morgan fingerprint density at radius 1 is 0.967 bits per heavy atom. The van der Waals surface area contributed by atoms with E-state index in [1.54, 1.807) is 30.3 Å². The average molecular weight is 483 g/mol. The van der Waals surface area contributed by atoms with E-state index >= 15 is 0 Å². The van der Waals surface area contributed by atoms with Gasteiger partial charge in [-0.2, -0.15) is 18.3 Å². The molecule has 0 saturated carbocycles. The van der Waals surface area contributed by atoms with Crippen molar-refractivity contribution in [3.63, 3.8) is 0 Å². The van der Waals surface area contributed by atoms with E-state index in [4.69, 9.17) is 9.47 Å². The van der Waals surface area contributed by atoms with E-state index < -0.39 is 34.8 Å². The highest BCUT2D eigenvalue weighted by molar-refractivity contribution is 9.10. The fraction of sp³-hybridized carbons (Fsp3) is 0.150. The third kappa shape index (κ3) is 3.82. The summed E-state index contributed by atoms with van der Waals surface area (Å²) in [5, 5.41) is 4.20. The van der Waals surface area contributed by atoms with Gasteiger partial charge in [-0.05, 0) is 18.2 Å². The number of nitrogens with zero attached hydrogens (tertiary/aromatic N) is 2. The number of halogens is 4. The summed E-state index contributed by atoms with van der Waals surface area (Å²) in [4.78, 5) is 25.1. The Morgan fingerprint density at radius 2 is 1.60 bits per heavy atom. The molecule has 0 fully saturated rings. The van der Waals surface area contributed by atoms with Gasteiger partial charge in [-0.15, -0.1) is 0 Å². The molecule has 0 aliphatic heterocycles. The van der Waals surface area contributed by atoms with E-state index in [0.29, 0.717) is 5.69 Å². The fourth-order valence-electron chi connectivity index (χ4n) is 2.95. The number of alkyl halides is 3. The summed E-state index contributed by atoms with van der Waals surface area (Å²) in [7, 11) is 2.14. The number of benzene rings is 2. The number of hydrogen-bond donors (Lipinski definition) is 0. The van der Waals surface area contributed by atoms with Crippen LogP contribution in [0.15, 0.2) is 53.0 Å². The standard InChI is InChI=1S/C20H14BrF3N2O4/c1-29-18(27)14-16(12-9-6-10-13(21)15(12)20(22,23)24)25-26(17(14)19(28)30-2)11-7-4-3-5-8-11/h3-10H,1-2H3. The molecule has 1 heterocycles. The van der Waals surface area contributed by atoms with Crippen LogP contribution in [0.4, 0.5) is 13.2 Å². The van der Waals surface area contributed by atoms with Crippen LogP contribution in [-0.2, 0) is 15.7 Å². The fourth-order valence-corrected chi connectivity index (χ4v) is 3.54. The minimum absolute atomic E-state index is 0.239. The van der Waals surface area contributed by atoms with Crippen molar-refractivity contribution in [2.24, 2.45) is 0 Å². The van der Waals surface area contributed by atoms with Gasteiger partial charge in [-0.1, -0.05) is 46.3 Å². The molecule has 0 aliphatic rings. The Hall–Kier alpha value is -3.14. The number of hydrogen-bond acceptors (Lipinski definition) is 5. The molecule has 0 atom stereocenters. The van der Waals surface area contributed by atoms with Gasteiger partial charge < -0.3 is 9.47 Å². The summed E-state index contributed by atoms with van der Waals surface area (Å²) in [6.45, 7) is 0. The Kier molecular flexibility index (Phi) is 5.97. The SMILES string of the molecule is COC(=O)c1c(-c2cccc(Br)c2C(F)(F)F)nn(-c2ccccc2)c1C(=O)OC. The first-order valence-electron chi connectivity index (χ1n) is 8.41. The number of methoxy groups -OCH3 is 2. The molecular formula is C20H14BrF3N2O4. The van der Waals surface area contributed by atoms with E-state index in [-0.39, 0.29) is 15.9 Å². The van der Waals surface area contributed by atoms with Crippen molar-refractivity contribution in [2.45, 2.75) is 6.18 Å². The second-order valence-corrected chi connectivity index (χ2v) is 6.82. The molecule has 10 heteroatoms. The molecule has 0 saturated heterocycles. The van der Waals surface area contributed by atoms with Gasteiger partial charge in [0.15, 0.2) is 5.69 Å². The highest BCUT2D eigenvalue weighted by atomic mass is 79.9. The maximum atomic E-state index is 13.8. The number of esters is 2.